The van der Waals surface area contributed by atoms with Crippen LogP contribution in [0.25, 0.3) is 0 Å². The van der Waals surface area contributed by atoms with Gasteiger partial charge in [0, 0.05) is 19.0 Å². The number of likely N-dealkylation sites (tertiary alicyclic amines) is 1. The third kappa shape index (κ3) is 6.01. The van der Waals surface area contributed by atoms with Crippen molar-refractivity contribution in [1.29, 1.82) is 0 Å². The number of hydrogen-bond donors (Lipinski definition) is 1. The van der Waals surface area contributed by atoms with E-state index in [4.69, 9.17) is 0 Å². The molecule has 0 unspecified atom stereocenters. The van der Waals surface area contributed by atoms with Gasteiger partial charge in [-0.05, 0) is 62.4 Å². The molecule has 0 spiro atoms. The number of halogens is 3. The number of nitrogens with one attached hydrogen (secondary N) is 1. The van der Waals surface area contributed by atoms with Crippen LogP contribution in [0, 0.1) is 5.92 Å². The third-order valence-electron chi connectivity index (χ3n) is 5.33. The van der Waals surface area contributed by atoms with Crippen LogP contribution in [-0.2, 0) is 11.0 Å². The number of piperidine rings is 1. The molecule has 1 aliphatic rings. The molecule has 2 rings (SSSR count). The molecule has 1 aliphatic heterocycles. The van der Waals surface area contributed by atoms with Crippen LogP contribution in [0.4, 0.5) is 13.2 Å². The second-order valence-electron chi connectivity index (χ2n) is 7.60. The number of alkyl halides is 3. The van der Waals surface area contributed by atoms with E-state index in [0.29, 0.717) is 12.6 Å². The number of carbonyl (C=O) groups is 1. The molecule has 0 aliphatic carbocycles. The predicted octanol–water partition coefficient (Wildman–Crippen LogP) is 4.44. The van der Waals surface area contributed by atoms with E-state index in [0.717, 1.165) is 36.7 Å². The van der Waals surface area contributed by atoms with Crippen LogP contribution in [0.2, 0.25) is 0 Å². The van der Waals surface area contributed by atoms with Crippen LogP contribution in [0.5, 0.6) is 0 Å². The molecule has 146 valence electrons. The molecule has 6 heteroatoms. The van der Waals surface area contributed by atoms with E-state index >= 15 is 0 Å². The van der Waals surface area contributed by atoms with Crippen molar-refractivity contribution in [1.82, 2.24) is 10.2 Å². The summed E-state index contributed by atoms with van der Waals surface area (Å²) in [5.74, 6) is 0.593. The van der Waals surface area contributed by atoms with Crippen molar-refractivity contribution in [3.8, 4) is 0 Å². The highest BCUT2D eigenvalue weighted by Gasteiger charge is 2.30. The Morgan fingerprint density at radius 3 is 2.31 bits per heavy atom. The summed E-state index contributed by atoms with van der Waals surface area (Å²) in [6.07, 6.45) is -1.66. The first-order valence-electron chi connectivity index (χ1n) is 9.34. The zero-order valence-electron chi connectivity index (χ0n) is 15.8. The van der Waals surface area contributed by atoms with Crippen molar-refractivity contribution in [3.63, 3.8) is 0 Å². The van der Waals surface area contributed by atoms with Gasteiger partial charge in [0.25, 0.3) is 0 Å². The highest BCUT2D eigenvalue weighted by molar-refractivity contribution is 5.76. The Kier molecular flexibility index (Phi) is 7.09. The van der Waals surface area contributed by atoms with Gasteiger partial charge in [-0.25, -0.2) is 0 Å². The summed E-state index contributed by atoms with van der Waals surface area (Å²) in [5.41, 5.74) is 0.0776. The fraction of sp³-hybridized carbons (Fsp3) is 0.650. The molecular weight excluding hydrogens is 341 g/mol. The smallest absolute Gasteiger partial charge is 0.355 e. The van der Waals surface area contributed by atoms with Crippen molar-refractivity contribution in [2.24, 2.45) is 5.92 Å². The highest BCUT2D eigenvalue weighted by Crippen LogP contribution is 2.30. The number of hydrogen-bond acceptors (Lipinski definition) is 2. The molecule has 3 nitrogen and oxygen atoms in total. The zero-order chi connectivity index (χ0) is 19.3. The Morgan fingerprint density at radius 2 is 1.77 bits per heavy atom. The van der Waals surface area contributed by atoms with Gasteiger partial charge < -0.3 is 5.32 Å². The first kappa shape index (κ1) is 20.7. The molecule has 1 aromatic rings. The largest absolute Gasteiger partial charge is 0.416 e. The molecule has 0 radical (unpaired) electrons. The Balaban J connectivity index is 1.78. The molecule has 1 heterocycles. The Bertz CT molecular complexity index is 578. The quantitative estimate of drug-likeness (QED) is 0.803. The summed E-state index contributed by atoms with van der Waals surface area (Å²) in [5, 5.41) is 2.97. The van der Waals surface area contributed by atoms with E-state index in [1.807, 2.05) is 6.92 Å². The van der Waals surface area contributed by atoms with Crippen molar-refractivity contribution in [2.75, 3.05) is 19.6 Å². The molecule has 0 saturated carbocycles. The van der Waals surface area contributed by atoms with Gasteiger partial charge in [0.2, 0.25) is 5.91 Å². The summed E-state index contributed by atoms with van der Waals surface area (Å²) in [6, 6.07) is 5.36. The van der Waals surface area contributed by atoms with E-state index in [9.17, 15) is 18.0 Å². The normalized spacial score (nSPS) is 19.2. The summed E-state index contributed by atoms with van der Waals surface area (Å²) < 4.78 is 37.8. The van der Waals surface area contributed by atoms with Gasteiger partial charge in [0.15, 0.2) is 0 Å². The van der Waals surface area contributed by atoms with Crippen molar-refractivity contribution < 1.29 is 18.0 Å². The molecule has 26 heavy (non-hydrogen) atoms. The van der Waals surface area contributed by atoms with Gasteiger partial charge in [-0.3, -0.25) is 9.69 Å². The molecule has 0 bridgehead atoms. The monoisotopic (exact) mass is 370 g/mol. The lowest BCUT2D eigenvalue weighted by molar-refractivity contribution is -0.137. The lowest BCUT2D eigenvalue weighted by atomic mass is 9.96. The van der Waals surface area contributed by atoms with E-state index in [1.165, 1.54) is 25.0 Å². The maximum Gasteiger partial charge on any atom is 0.416 e. The second kappa shape index (κ2) is 8.89. The van der Waals surface area contributed by atoms with E-state index < -0.39 is 11.7 Å². The fourth-order valence-electron chi connectivity index (χ4n) is 3.33. The summed E-state index contributed by atoms with van der Waals surface area (Å²) >= 11 is 0. The molecule has 2 atom stereocenters. The minimum absolute atomic E-state index is 0.0605. The van der Waals surface area contributed by atoms with Crippen LogP contribution < -0.4 is 5.32 Å². The summed E-state index contributed by atoms with van der Waals surface area (Å²) in [7, 11) is 0. The van der Waals surface area contributed by atoms with Crippen molar-refractivity contribution in [3.05, 3.63) is 35.4 Å². The Morgan fingerprint density at radius 1 is 1.19 bits per heavy atom. The van der Waals surface area contributed by atoms with Crippen molar-refractivity contribution in [2.45, 2.75) is 58.2 Å². The SMILES string of the molecule is CC1CCN([C@H](C)CNC(=O)C[C@H](C)c2ccc(C(F)(F)F)cc2)CC1. The first-order valence-corrected chi connectivity index (χ1v) is 9.34. The number of nitrogens with zero attached hydrogens (tertiary/aromatic N) is 1. The van der Waals surface area contributed by atoms with Crippen LogP contribution in [0.1, 0.15) is 57.1 Å². The van der Waals surface area contributed by atoms with Gasteiger partial charge in [-0.1, -0.05) is 26.0 Å². The predicted molar refractivity (Wildman–Crippen MR) is 96.9 cm³/mol. The molecule has 1 saturated heterocycles. The summed E-state index contributed by atoms with van der Waals surface area (Å²) in [6.45, 7) is 8.99. The van der Waals surface area contributed by atoms with Gasteiger partial charge in [-0.2, -0.15) is 13.2 Å². The maximum absolute atomic E-state index is 12.6. The lowest BCUT2D eigenvalue weighted by Gasteiger charge is -2.35. The number of amides is 1. The highest BCUT2D eigenvalue weighted by atomic mass is 19.4. The van der Waals surface area contributed by atoms with Gasteiger partial charge in [0.1, 0.15) is 0 Å². The topological polar surface area (TPSA) is 32.3 Å². The van der Waals surface area contributed by atoms with Crippen LogP contribution in [-0.4, -0.2) is 36.5 Å². The fourth-order valence-corrected chi connectivity index (χ4v) is 3.33. The number of rotatable bonds is 6. The van der Waals surface area contributed by atoms with Gasteiger partial charge >= 0.3 is 6.18 Å². The van der Waals surface area contributed by atoms with Crippen molar-refractivity contribution >= 4 is 5.91 Å². The maximum atomic E-state index is 12.6. The van der Waals surface area contributed by atoms with Crippen LogP contribution in [0.3, 0.4) is 0 Å². The lowest BCUT2D eigenvalue weighted by Crippen LogP contribution is -2.45. The van der Waals surface area contributed by atoms with E-state index in [-0.39, 0.29) is 18.2 Å². The third-order valence-corrected chi connectivity index (χ3v) is 5.33. The van der Waals surface area contributed by atoms with E-state index in [1.54, 1.807) is 0 Å². The van der Waals surface area contributed by atoms with Crippen LogP contribution in [0.15, 0.2) is 24.3 Å². The molecule has 1 aromatic carbocycles. The Hall–Kier alpha value is -1.56. The second-order valence-corrected chi connectivity index (χ2v) is 7.60. The Labute approximate surface area is 154 Å². The number of benzene rings is 1. The first-order chi connectivity index (χ1) is 12.2. The molecule has 1 amide bonds. The minimum Gasteiger partial charge on any atom is -0.355 e. The molecule has 0 aromatic heterocycles. The van der Waals surface area contributed by atoms with Gasteiger partial charge in [-0.15, -0.1) is 0 Å². The number of carbonyl (C=O) groups excluding carboxylic acids is 1. The van der Waals surface area contributed by atoms with E-state index in [2.05, 4.69) is 24.1 Å². The zero-order valence-corrected chi connectivity index (χ0v) is 15.8. The standard InChI is InChI=1S/C20H29F3N2O/c1-14-8-10-25(11-9-14)16(3)13-24-19(26)12-15(2)17-4-6-18(7-5-17)20(21,22)23/h4-7,14-16H,8-13H2,1-3H3,(H,24,26)/t15-,16+/m0/s1. The molecule has 1 fully saturated rings. The molecular formula is C20H29F3N2O. The van der Waals surface area contributed by atoms with Gasteiger partial charge in [0.05, 0.1) is 5.56 Å². The summed E-state index contributed by atoms with van der Waals surface area (Å²) in [4.78, 5) is 14.6. The molecule has 1 N–H and O–H groups in total. The van der Waals surface area contributed by atoms with Crippen LogP contribution >= 0.6 is 0 Å². The average Bonchev–Trinajstić information content (AvgIpc) is 2.59. The average molecular weight is 370 g/mol. The minimum atomic E-state index is -4.33.